The maximum atomic E-state index is 3.80. The molecule has 0 spiro atoms. The van der Waals surface area contributed by atoms with Crippen LogP contribution in [0.4, 0.5) is 0 Å². The SMILES string of the molecule is c1csc(CCNC2CCC3CCCCC3C2)c1. The summed E-state index contributed by atoms with van der Waals surface area (Å²) in [6.07, 6.45) is 11.6. The van der Waals surface area contributed by atoms with Gasteiger partial charge in [0.2, 0.25) is 0 Å². The van der Waals surface area contributed by atoms with Gasteiger partial charge in [0.15, 0.2) is 0 Å². The van der Waals surface area contributed by atoms with Crippen molar-refractivity contribution >= 4 is 11.3 Å². The Morgan fingerprint density at radius 3 is 2.83 bits per heavy atom. The van der Waals surface area contributed by atoms with E-state index in [9.17, 15) is 0 Å². The Bertz CT molecular complexity index is 346. The summed E-state index contributed by atoms with van der Waals surface area (Å²) in [7, 11) is 0. The molecule has 18 heavy (non-hydrogen) atoms. The van der Waals surface area contributed by atoms with E-state index < -0.39 is 0 Å². The Morgan fingerprint density at radius 1 is 1.11 bits per heavy atom. The minimum Gasteiger partial charge on any atom is -0.314 e. The van der Waals surface area contributed by atoms with Crippen molar-refractivity contribution in [3.05, 3.63) is 22.4 Å². The number of hydrogen-bond acceptors (Lipinski definition) is 2. The first-order valence-corrected chi connectivity index (χ1v) is 8.55. The molecule has 0 bridgehead atoms. The van der Waals surface area contributed by atoms with Gasteiger partial charge in [-0.05, 0) is 49.0 Å². The Morgan fingerprint density at radius 2 is 2.00 bits per heavy atom. The molecule has 0 aromatic carbocycles. The van der Waals surface area contributed by atoms with E-state index in [0.29, 0.717) is 0 Å². The minimum atomic E-state index is 0.810. The molecule has 1 aromatic heterocycles. The molecule has 1 aromatic rings. The molecule has 100 valence electrons. The maximum absolute atomic E-state index is 3.80. The smallest absolute Gasteiger partial charge is 0.00700 e. The molecule has 2 heteroatoms. The van der Waals surface area contributed by atoms with E-state index in [4.69, 9.17) is 0 Å². The van der Waals surface area contributed by atoms with Crippen molar-refractivity contribution in [3.8, 4) is 0 Å². The fourth-order valence-corrected chi connectivity index (χ4v) is 4.62. The van der Waals surface area contributed by atoms with Gasteiger partial charge in [0.25, 0.3) is 0 Å². The second kappa shape index (κ2) is 6.21. The van der Waals surface area contributed by atoms with Gasteiger partial charge in [-0.2, -0.15) is 0 Å². The average molecular weight is 263 g/mol. The van der Waals surface area contributed by atoms with Gasteiger partial charge in [-0.1, -0.05) is 31.7 Å². The van der Waals surface area contributed by atoms with Crippen LogP contribution < -0.4 is 5.32 Å². The summed E-state index contributed by atoms with van der Waals surface area (Å²) in [6, 6.07) is 5.22. The molecule has 1 N–H and O–H groups in total. The summed E-state index contributed by atoms with van der Waals surface area (Å²) in [4.78, 5) is 1.52. The zero-order valence-electron chi connectivity index (χ0n) is 11.2. The fraction of sp³-hybridized carbons (Fsp3) is 0.750. The molecule has 0 amide bonds. The van der Waals surface area contributed by atoms with Crippen LogP contribution in [-0.4, -0.2) is 12.6 Å². The fourth-order valence-electron chi connectivity index (χ4n) is 3.91. The van der Waals surface area contributed by atoms with Gasteiger partial charge in [-0.15, -0.1) is 11.3 Å². The number of hydrogen-bond donors (Lipinski definition) is 1. The van der Waals surface area contributed by atoms with E-state index in [-0.39, 0.29) is 0 Å². The third kappa shape index (κ3) is 3.16. The zero-order valence-corrected chi connectivity index (χ0v) is 12.1. The van der Waals surface area contributed by atoms with E-state index in [1.54, 1.807) is 0 Å². The highest BCUT2D eigenvalue weighted by Gasteiger charge is 2.31. The summed E-state index contributed by atoms with van der Waals surface area (Å²) < 4.78 is 0. The molecule has 1 nitrogen and oxygen atoms in total. The van der Waals surface area contributed by atoms with Crippen molar-refractivity contribution in [3.63, 3.8) is 0 Å². The lowest BCUT2D eigenvalue weighted by Crippen LogP contribution is -2.39. The Labute approximate surface area is 115 Å². The van der Waals surface area contributed by atoms with Crippen LogP contribution in [0.5, 0.6) is 0 Å². The number of nitrogens with one attached hydrogen (secondary N) is 1. The van der Waals surface area contributed by atoms with Crippen molar-refractivity contribution in [2.24, 2.45) is 11.8 Å². The summed E-state index contributed by atoms with van der Waals surface area (Å²) in [5.74, 6) is 2.13. The largest absolute Gasteiger partial charge is 0.314 e. The maximum Gasteiger partial charge on any atom is 0.00700 e. The number of thiophene rings is 1. The quantitative estimate of drug-likeness (QED) is 0.857. The topological polar surface area (TPSA) is 12.0 Å². The van der Waals surface area contributed by atoms with E-state index in [1.807, 2.05) is 11.3 Å². The summed E-state index contributed by atoms with van der Waals surface area (Å²) in [6.45, 7) is 1.17. The van der Waals surface area contributed by atoms with Crippen molar-refractivity contribution in [2.75, 3.05) is 6.54 Å². The van der Waals surface area contributed by atoms with Crippen molar-refractivity contribution in [1.82, 2.24) is 5.32 Å². The lowest BCUT2D eigenvalue weighted by atomic mass is 9.69. The van der Waals surface area contributed by atoms with Crippen LogP contribution in [0.15, 0.2) is 17.5 Å². The predicted octanol–water partition coefficient (Wildman–Crippen LogP) is 4.24. The van der Waals surface area contributed by atoms with Gasteiger partial charge in [-0.3, -0.25) is 0 Å². The third-order valence-corrected chi connectivity index (χ3v) is 5.86. The van der Waals surface area contributed by atoms with Crippen LogP contribution in [0.3, 0.4) is 0 Å². The molecule has 3 rings (SSSR count). The average Bonchev–Trinajstić information content (AvgIpc) is 2.92. The van der Waals surface area contributed by atoms with E-state index in [1.165, 1.54) is 62.8 Å². The summed E-state index contributed by atoms with van der Waals surface area (Å²) in [5, 5.41) is 5.98. The second-order valence-corrected chi connectivity index (χ2v) is 7.13. The van der Waals surface area contributed by atoms with Crippen LogP contribution in [0.1, 0.15) is 49.8 Å². The molecule has 2 aliphatic carbocycles. The van der Waals surface area contributed by atoms with Gasteiger partial charge in [0.1, 0.15) is 0 Å². The molecule has 2 saturated carbocycles. The highest BCUT2D eigenvalue weighted by molar-refractivity contribution is 7.09. The van der Waals surface area contributed by atoms with Crippen LogP contribution in [0, 0.1) is 11.8 Å². The molecule has 3 atom stereocenters. The van der Waals surface area contributed by atoms with Gasteiger partial charge in [0, 0.05) is 17.5 Å². The third-order valence-electron chi connectivity index (χ3n) is 4.92. The van der Waals surface area contributed by atoms with Crippen molar-refractivity contribution < 1.29 is 0 Å². The first-order valence-electron chi connectivity index (χ1n) is 7.67. The van der Waals surface area contributed by atoms with Gasteiger partial charge >= 0.3 is 0 Å². The monoisotopic (exact) mass is 263 g/mol. The first kappa shape index (κ1) is 12.7. The van der Waals surface area contributed by atoms with E-state index in [0.717, 1.165) is 17.9 Å². The van der Waals surface area contributed by atoms with Gasteiger partial charge in [0.05, 0.1) is 0 Å². The lowest BCUT2D eigenvalue weighted by Gasteiger charge is -2.39. The Hall–Kier alpha value is -0.340. The lowest BCUT2D eigenvalue weighted by molar-refractivity contribution is 0.144. The highest BCUT2D eigenvalue weighted by atomic mass is 32.1. The normalized spacial score (nSPS) is 32.1. The van der Waals surface area contributed by atoms with Crippen LogP contribution >= 0.6 is 11.3 Å². The molecule has 1 heterocycles. The van der Waals surface area contributed by atoms with E-state index >= 15 is 0 Å². The van der Waals surface area contributed by atoms with Gasteiger partial charge < -0.3 is 5.32 Å². The van der Waals surface area contributed by atoms with Crippen LogP contribution in [-0.2, 0) is 6.42 Å². The van der Waals surface area contributed by atoms with Crippen LogP contribution in [0.25, 0.3) is 0 Å². The Balaban J connectivity index is 1.41. The zero-order chi connectivity index (χ0) is 12.2. The number of rotatable bonds is 4. The molecule has 2 fully saturated rings. The van der Waals surface area contributed by atoms with Crippen LogP contribution in [0.2, 0.25) is 0 Å². The summed E-state index contributed by atoms with van der Waals surface area (Å²) >= 11 is 1.89. The second-order valence-electron chi connectivity index (χ2n) is 6.10. The molecule has 2 aliphatic rings. The molecule has 0 radical (unpaired) electrons. The standard InChI is InChI=1S/C16H25NS/c1-2-5-14-12-15(8-7-13(14)4-1)17-10-9-16-6-3-11-18-16/h3,6,11,13-15,17H,1-2,4-5,7-10,12H2. The predicted molar refractivity (Wildman–Crippen MR) is 79.1 cm³/mol. The molecule has 0 aliphatic heterocycles. The number of fused-ring (bicyclic) bond motifs is 1. The molecule has 3 unspecified atom stereocenters. The molecule has 0 saturated heterocycles. The van der Waals surface area contributed by atoms with Crippen molar-refractivity contribution in [2.45, 2.75) is 57.4 Å². The Kier molecular flexibility index (Phi) is 4.37. The van der Waals surface area contributed by atoms with Gasteiger partial charge in [-0.25, -0.2) is 0 Å². The summed E-state index contributed by atoms with van der Waals surface area (Å²) in [5.41, 5.74) is 0. The minimum absolute atomic E-state index is 0.810. The van der Waals surface area contributed by atoms with Crippen molar-refractivity contribution in [1.29, 1.82) is 0 Å². The first-order chi connectivity index (χ1) is 8.92. The highest BCUT2D eigenvalue weighted by Crippen LogP contribution is 2.40. The molecular weight excluding hydrogens is 238 g/mol. The van der Waals surface area contributed by atoms with E-state index in [2.05, 4.69) is 22.8 Å². The molecular formula is C16H25NS.